The van der Waals surface area contributed by atoms with Crippen LogP contribution in [0, 0.1) is 6.92 Å². The van der Waals surface area contributed by atoms with Gasteiger partial charge in [-0.2, -0.15) is 5.10 Å². The first-order chi connectivity index (χ1) is 12.6. The van der Waals surface area contributed by atoms with Crippen LogP contribution in [-0.2, 0) is 7.05 Å². The molecule has 0 atom stereocenters. The van der Waals surface area contributed by atoms with Gasteiger partial charge in [-0.05, 0) is 31.9 Å². The topological polar surface area (TPSA) is 81.2 Å². The summed E-state index contributed by atoms with van der Waals surface area (Å²) < 4.78 is 6.33. The van der Waals surface area contributed by atoms with Crippen molar-refractivity contribution in [1.82, 2.24) is 14.9 Å². The Balaban J connectivity index is 1.89. The molecule has 1 aliphatic carbocycles. The van der Waals surface area contributed by atoms with Gasteiger partial charge >= 0.3 is 0 Å². The van der Waals surface area contributed by atoms with E-state index in [2.05, 4.69) is 10.3 Å². The molecule has 0 saturated heterocycles. The smallest absolute Gasteiger partial charge is 0.296 e. The summed E-state index contributed by atoms with van der Waals surface area (Å²) in [5.74, 6) is 0.197. The summed E-state index contributed by atoms with van der Waals surface area (Å²) in [5, 5.41) is 8.50. The molecule has 26 heavy (non-hydrogen) atoms. The summed E-state index contributed by atoms with van der Waals surface area (Å²) in [6, 6.07) is 9.73. The van der Waals surface area contributed by atoms with E-state index >= 15 is 0 Å². The normalized spacial score (nSPS) is 14.8. The highest BCUT2D eigenvalue weighted by molar-refractivity contribution is 6.12. The number of fused-ring (bicyclic) bond motifs is 1. The third kappa shape index (κ3) is 2.60. The van der Waals surface area contributed by atoms with E-state index in [0.29, 0.717) is 11.1 Å². The SMILES string of the molecule is Cc1onc2c(=O)n(C)nc(C(=O)N(c3ccccc3)C3CCCC3)c12. The summed E-state index contributed by atoms with van der Waals surface area (Å²) in [6.45, 7) is 1.69. The van der Waals surface area contributed by atoms with Gasteiger partial charge in [0.25, 0.3) is 11.5 Å². The zero-order valence-corrected chi connectivity index (χ0v) is 14.8. The highest BCUT2D eigenvalue weighted by atomic mass is 16.5. The molecule has 134 valence electrons. The van der Waals surface area contributed by atoms with Gasteiger partial charge in [0.05, 0.1) is 5.39 Å². The molecule has 7 nitrogen and oxygen atoms in total. The molecular formula is C19H20N4O3. The maximum absolute atomic E-state index is 13.5. The van der Waals surface area contributed by atoms with Crippen molar-refractivity contribution in [3.63, 3.8) is 0 Å². The zero-order chi connectivity index (χ0) is 18.3. The third-order valence-electron chi connectivity index (χ3n) is 4.99. The molecule has 4 rings (SSSR count). The van der Waals surface area contributed by atoms with Crippen LogP contribution in [0.3, 0.4) is 0 Å². The van der Waals surface area contributed by atoms with Gasteiger partial charge in [0.1, 0.15) is 5.76 Å². The monoisotopic (exact) mass is 352 g/mol. The molecule has 1 aromatic carbocycles. The fraction of sp³-hybridized carbons (Fsp3) is 0.368. The van der Waals surface area contributed by atoms with Gasteiger partial charge in [0.2, 0.25) is 0 Å². The lowest BCUT2D eigenvalue weighted by molar-refractivity contribution is 0.0971. The largest absolute Gasteiger partial charge is 0.360 e. The number of aromatic nitrogens is 3. The number of hydrogen-bond donors (Lipinski definition) is 0. The van der Waals surface area contributed by atoms with Gasteiger partial charge in [0, 0.05) is 18.8 Å². The van der Waals surface area contributed by atoms with Crippen LogP contribution >= 0.6 is 0 Å². The van der Waals surface area contributed by atoms with E-state index in [-0.39, 0.29) is 28.7 Å². The molecule has 0 spiro atoms. The van der Waals surface area contributed by atoms with Crippen molar-refractivity contribution in [3.8, 4) is 0 Å². The van der Waals surface area contributed by atoms with Gasteiger partial charge in [-0.25, -0.2) is 4.68 Å². The molecule has 0 unspecified atom stereocenters. The van der Waals surface area contributed by atoms with Gasteiger partial charge in [-0.3, -0.25) is 9.59 Å². The van der Waals surface area contributed by atoms with Crippen LogP contribution in [0.15, 0.2) is 39.6 Å². The van der Waals surface area contributed by atoms with Crippen molar-refractivity contribution in [3.05, 3.63) is 52.1 Å². The maximum atomic E-state index is 13.5. The van der Waals surface area contributed by atoms with Crippen LogP contribution in [-0.4, -0.2) is 26.9 Å². The van der Waals surface area contributed by atoms with Crippen LogP contribution in [0.2, 0.25) is 0 Å². The van der Waals surface area contributed by atoms with Crippen molar-refractivity contribution in [1.29, 1.82) is 0 Å². The van der Waals surface area contributed by atoms with Crippen molar-refractivity contribution in [2.75, 3.05) is 4.90 Å². The second-order valence-corrected chi connectivity index (χ2v) is 6.69. The number of amides is 1. The van der Waals surface area contributed by atoms with Gasteiger partial charge in [-0.1, -0.05) is 36.2 Å². The lowest BCUT2D eigenvalue weighted by Crippen LogP contribution is -2.40. The van der Waals surface area contributed by atoms with E-state index in [1.54, 1.807) is 6.92 Å². The Hall–Kier alpha value is -2.96. The number of rotatable bonds is 3. The van der Waals surface area contributed by atoms with Crippen molar-refractivity contribution in [2.45, 2.75) is 38.6 Å². The number of nitrogens with zero attached hydrogens (tertiary/aromatic N) is 4. The van der Waals surface area contributed by atoms with Crippen molar-refractivity contribution in [2.24, 2.45) is 7.05 Å². The maximum Gasteiger partial charge on any atom is 0.296 e. The minimum absolute atomic E-state index is 0.124. The molecule has 1 fully saturated rings. The molecule has 0 bridgehead atoms. The number of benzene rings is 1. The Labute approximate surface area is 150 Å². The summed E-state index contributed by atoms with van der Waals surface area (Å²) in [4.78, 5) is 27.6. The fourth-order valence-electron chi connectivity index (χ4n) is 3.70. The molecule has 7 heteroatoms. The quantitative estimate of drug-likeness (QED) is 0.724. The Morgan fingerprint density at radius 1 is 1.23 bits per heavy atom. The molecule has 3 aromatic rings. The van der Waals surface area contributed by atoms with Crippen LogP contribution in [0.25, 0.3) is 10.9 Å². The molecule has 1 saturated carbocycles. The third-order valence-corrected chi connectivity index (χ3v) is 4.99. The number of para-hydroxylation sites is 1. The first-order valence-electron chi connectivity index (χ1n) is 8.80. The van der Waals surface area contributed by atoms with Gasteiger partial charge < -0.3 is 9.42 Å². The summed E-state index contributed by atoms with van der Waals surface area (Å²) >= 11 is 0. The van der Waals surface area contributed by atoms with E-state index < -0.39 is 0 Å². The van der Waals surface area contributed by atoms with E-state index in [1.165, 1.54) is 7.05 Å². The van der Waals surface area contributed by atoms with Crippen LogP contribution in [0.5, 0.6) is 0 Å². The molecule has 2 heterocycles. The van der Waals surface area contributed by atoms with Gasteiger partial charge in [0.15, 0.2) is 11.2 Å². The lowest BCUT2D eigenvalue weighted by atomic mass is 10.1. The van der Waals surface area contributed by atoms with Crippen LogP contribution < -0.4 is 10.5 Å². The number of carbonyl (C=O) groups is 1. The van der Waals surface area contributed by atoms with E-state index in [9.17, 15) is 9.59 Å². The summed E-state index contributed by atoms with van der Waals surface area (Å²) in [7, 11) is 1.52. The van der Waals surface area contributed by atoms with Crippen molar-refractivity contribution < 1.29 is 9.32 Å². The Bertz CT molecular complexity index is 1020. The summed E-state index contributed by atoms with van der Waals surface area (Å²) in [5.41, 5.74) is 0.808. The minimum atomic E-state index is -0.375. The Morgan fingerprint density at radius 3 is 2.62 bits per heavy atom. The number of aryl methyl sites for hydroxylation is 2. The molecule has 0 aliphatic heterocycles. The first-order valence-corrected chi connectivity index (χ1v) is 8.80. The average molecular weight is 352 g/mol. The molecule has 1 amide bonds. The number of hydrogen-bond acceptors (Lipinski definition) is 5. The van der Waals surface area contributed by atoms with E-state index in [0.717, 1.165) is 36.1 Å². The predicted molar refractivity (Wildman–Crippen MR) is 97.3 cm³/mol. The van der Waals surface area contributed by atoms with E-state index in [1.807, 2.05) is 35.2 Å². The zero-order valence-electron chi connectivity index (χ0n) is 14.8. The molecule has 0 radical (unpaired) electrons. The fourth-order valence-corrected chi connectivity index (χ4v) is 3.70. The molecule has 0 N–H and O–H groups in total. The predicted octanol–water partition coefficient (Wildman–Crippen LogP) is 2.82. The lowest BCUT2D eigenvalue weighted by Gasteiger charge is -2.29. The van der Waals surface area contributed by atoms with Crippen molar-refractivity contribution >= 4 is 22.5 Å². The Morgan fingerprint density at radius 2 is 1.92 bits per heavy atom. The average Bonchev–Trinajstić information content (AvgIpc) is 3.30. The van der Waals surface area contributed by atoms with Gasteiger partial charge in [-0.15, -0.1) is 0 Å². The second-order valence-electron chi connectivity index (χ2n) is 6.69. The molecule has 2 aromatic heterocycles. The van der Waals surface area contributed by atoms with Crippen LogP contribution in [0.4, 0.5) is 5.69 Å². The second kappa shape index (κ2) is 6.40. The minimum Gasteiger partial charge on any atom is -0.360 e. The highest BCUT2D eigenvalue weighted by Gasteiger charge is 2.32. The van der Waals surface area contributed by atoms with E-state index in [4.69, 9.17) is 4.52 Å². The first kappa shape index (κ1) is 16.5. The van der Waals surface area contributed by atoms with Crippen LogP contribution in [0.1, 0.15) is 41.9 Å². The highest BCUT2D eigenvalue weighted by Crippen LogP contribution is 2.30. The Kier molecular flexibility index (Phi) is 4.06. The molecule has 1 aliphatic rings. The molecular weight excluding hydrogens is 332 g/mol. The number of anilines is 1. The standard InChI is InChI=1S/C19H20N4O3/c1-12-15-16(20-22(2)18(24)17(15)21-26-12)19(25)23(14-10-6-7-11-14)13-8-4-3-5-9-13/h3-5,8-9,14H,6-7,10-11H2,1-2H3. The summed E-state index contributed by atoms with van der Waals surface area (Å²) in [6.07, 6.45) is 4.11. The number of carbonyl (C=O) groups excluding carboxylic acids is 1.